The molecule has 4 heteroatoms. The minimum absolute atomic E-state index is 0.719. The van der Waals surface area contributed by atoms with Crippen LogP contribution in [0.1, 0.15) is 58.3 Å². The highest BCUT2D eigenvalue weighted by Gasteiger charge is 2.05. The molecule has 0 aromatic carbocycles. The van der Waals surface area contributed by atoms with Crippen molar-refractivity contribution in [2.24, 2.45) is 10.3 Å². The van der Waals surface area contributed by atoms with E-state index >= 15 is 0 Å². The van der Waals surface area contributed by atoms with Crippen LogP contribution < -0.4 is 5.53 Å². The lowest BCUT2D eigenvalue weighted by atomic mass is 10.1. The molecule has 0 atom stereocenters. The molecule has 0 aromatic rings. The molecule has 0 unspecified atom stereocenters. The minimum Gasteiger partial charge on any atom is -0.220 e. The van der Waals surface area contributed by atoms with Gasteiger partial charge in [0.15, 0.2) is 0 Å². The van der Waals surface area contributed by atoms with Gasteiger partial charge >= 0.3 is 0 Å². The maximum atomic E-state index is 3.85. The quantitative estimate of drug-likeness (QED) is 0.596. The van der Waals surface area contributed by atoms with Crippen molar-refractivity contribution in [1.82, 2.24) is 10.5 Å². The molecule has 0 spiro atoms. The van der Waals surface area contributed by atoms with E-state index in [9.17, 15) is 0 Å². The second-order valence-electron chi connectivity index (χ2n) is 4.22. The SMILES string of the molecule is CCCCCCCCCCN1CN=NN1. The van der Waals surface area contributed by atoms with Gasteiger partial charge in [0.05, 0.1) is 0 Å². The van der Waals surface area contributed by atoms with Crippen molar-refractivity contribution in [2.75, 3.05) is 13.2 Å². The molecular weight excluding hydrogens is 188 g/mol. The summed E-state index contributed by atoms with van der Waals surface area (Å²) < 4.78 is 0. The van der Waals surface area contributed by atoms with Gasteiger partial charge < -0.3 is 0 Å². The van der Waals surface area contributed by atoms with Crippen LogP contribution in [0.4, 0.5) is 0 Å². The molecule has 1 N–H and O–H groups in total. The molecule has 0 bridgehead atoms. The minimum atomic E-state index is 0.719. The topological polar surface area (TPSA) is 40.0 Å². The van der Waals surface area contributed by atoms with Crippen LogP contribution in [0.5, 0.6) is 0 Å². The summed E-state index contributed by atoms with van der Waals surface area (Å²) in [6.07, 6.45) is 11.0. The number of nitrogens with zero attached hydrogens (tertiary/aromatic N) is 3. The Balaban J connectivity index is 1.73. The van der Waals surface area contributed by atoms with E-state index in [0.717, 1.165) is 13.2 Å². The smallest absolute Gasteiger partial charge is 0.133 e. The molecule has 15 heavy (non-hydrogen) atoms. The standard InChI is InChI=1S/C11H24N4/c1-2-3-4-5-6-7-8-9-10-15-11-12-13-14-15/h2-11H2,1H3,(H,12,14). The van der Waals surface area contributed by atoms with Crippen LogP contribution in [0, 0.1) is 0 Å². The number of rotatable bonds is 9. The molecule has 0 aliphatic carbocycles. The Labute approximate surface area is 93.1 Å². The van der Waals surface area contributed by atoms with E-state index in [0.29, 0.717) is 0 Å². The van der Waals surface area contributed by atoms with Gasteiger partial charge in [0.2, 0.25) is 0 Å². The maximum Gasteiger partial charge on any atom is 0.133 e. The van der Waals surface area contributed by atoms with Gasteiger partial charge in [-0.05, 0) is 6.42 Å². The van der Waals surface area contributed by atoms with Crippen molar-refractivity contribution in [3.63, 3.8) is 0 Å². The van der Waals surface area contributed by atoms with Gasteiger partial charge in [-0.3, -0.25) is 0 Å². The van der Waals surface area contributed by atoms with Gasteiger partial charge in [-0.15, -0.1) is 0 Å². The third-order valence-corrected chi connectivity index (χ3v) is 2.77. The van der Waals surface area contributed by atoms with E-state index in [1.807, 2.05) is 0 Å². The van der Waals surface area contributed by atoms with Crippen LogP contribution in [-0.4, -0.2) is 18.2 Å². The van der Waals surface area contributed by atoms with Crippen LogP contribution in [0.3, 0.4) is 0 Å². The summed E-state index contributed by atoms with van der Waals surface area (Å²) in [4.78, 5) is 0. The molecule has 0 amide bonds. The summed E-state index contributed by atoms with van der Waals surface area (Å²) in [5.74, 6) is 0. The Morgan fingerprint density at radius 2 is 1.67 bits per heavy atom. The van der Waals surface area contributed by atoms with E-state index in [1.165, 1.54) is 51.4 Å². The predicted octanol–water partition coefficient (Wildman–Crippen LogP) is 3.27. The number of hydrogen-bond donors (Lipinski definition) is 1. The second kappa shape index (κ2) is 8.65. The normalized spacial score (nSPS) is 15.8. The molecule has 0 radical (unpaired) electrons. The van der Waals surface area contributed by atoms with Crippen LogP contribution in [0.25, 0.3) is 0 Å². The second-order valence-corrected chi connectivity index (χ2v) is 4.22. The summed E-state index contributed by atoms with van der Waals surface area (Å²) in [7, 11) is 0. The lowest BCUT2D eigenvalue weighted by Crippen LogP contribution is -2.30. The molecule has 0 saturated heterocycles. The van der Waals surface area contributed by atoms with Crippen molar-refractivity contribution < 1.29 is 0 Å². The summed E-state index contributed by atoms with van der Waals surface area (Å²) in [5, 5.41) is 9.62. The Kier molecular flexibility index (Phi) is 7.17. The lowest BCUT2D eigenvalue weighted by Gasteiger charge is -2.11. The maximum absolute atomic E-state index is 3.85. The first-order valence-corrected chi connectivity index (χ1v) is 6.30. The fourth-order valence-corrected chi connectivity index (χ4v) is 1.79. The zero-order chi connectivity index (χ0) is 10.8. The Morgan fingerprint density at radius 3 is 2.27 bits per heavy atom. The van der Waals surface area contributed by atoms with Gasteiger partial charge in [0.1, 0.15) is 6.67 Å². The largest absolute Gasteiger partial charge is 0.220 e. The molecule has 0 fully saturated rings. The van der Waals surface area contributed by atoms with Crippen LogP contribution >= 0.6 is 0 Å². The summed E-state index contributed by atoms with van der Waals surface area (Å²) in [5.41, 5.74) is 2.87. The summed E-state index contributed by atoms with van der Waals surface area (Å²) in [6, 6.07) is 0. The molecule has 0 saturated carbocycles. The van der Waals surface area contributed by atoms with Gasteiger partial charge in [0, 0.05) is 6.54 Å². The molecule has 88 valence electrons. The fourth-order valence-electron chi connectivity index (χ4n) is 1.79. The Hall–Kier alpha value is -0.640. The predicted molar refractivity (Wildman–Crippen MR) is 62.2 cm³/mol. The first-order chi connectivity index (χ1) is 7.43. The van der Waals surface area contributed by atoms with Crippen molar-refractivity contribution in [3.05, 3.63) is 0 Å². The lowest BCUT2D eigenvalue weighted by molar-refractivity contribution is 0.231. The van der Waals surface area contributed by atoms with Crippen LogP contribution in [0.15, 0.2) is 10.3 Å². The fraction of sp³-hybridized carbons (Fsp3) is 1.00. The Bertz CT molecular complexity index is 162. The highest BCUT2D eigenvalue weighted by atomic mass is 15.8. The molecular formula is C11H24N4. The van der Waals surface area contributed by atoms with Crippen LogP contribution in [-0.2, 0) is 0 Å². The first kappa shape index (κ1) is 12.4. The third-order valence-electron chi connectivity index (χ3n) is 2.77. The number of hydrogen-bond acceptors (Lipinski definition) is 4. The molecule has 1 aliphatic heterocycles. The zero-order valence-corrected chi connectivity index (χ0v) is 9.91. The number of nitrogens with one attached hydrogen (secondary N) is 1. The highest BCUT2D eigenvalue weighted by molar-refractivity contribution is 4.53. The van der Waals surface area contributed by atoms with Crippen molar-refractivity contribution >= 4 is 0 Å². The first-order valence-electron chi connectivity index (χ1n) is 6.30. The molecule has 4 nitrogen and oxygen atoms in total. The Morgan fingerprint density at radius 1 is 1.00 bits per heavy atom. The molecule has 1 heterocycles. The van der Waals surface area contributed by atoms with E-state index in [1.54, 1.807) is 0 Å². The van der Waals surface area contributed by atoms with Gasteiger partial charge in [0.25, 0.3) is 0 Å². The van der Waals surface area contributed by atoms with Crippen molar-refractivity contribution in [1.29, 1.82) is 0 Å². The van der Waals surface area contributed by atoms with E-state index in [2.05, 4.69) is 27.8 Å². The van der Waals surface area contributed by atoms with Crippen molar-refractivity contribution in [2.45, 2.75) is 58.3 Å². The monoisotopic (exact) mass is 212 g/mol. The van der Waals surface area contributed by atoms with Gasteiger partial charge in [-0.25, -0.2) is 5.53 Å². The third kappa shape index (κ3) is 6.44. The molecule has 1 aliphatic rings. The van der Waals surface area contributed by atoms with Crippen LogP contribution in [0.2, 0.25) is 0 Å². The molecule has 1 rings (SSSR count). The van der Waals surface area contributed by atoms with Gasteiger partial charge in [-0.1, -0.05) is 57.1 Å². The average Bonchev–Trinajstić information content (AvgIpc) is 2.75. The van der Waals surface area contributed by atoms with E-state index in [4.69, 9.17) is 0 Å². The number of unbranched alkanes of at least 4 members (excludes halogenated alkanes) is 7. The highest BCUT2D eigenvalue weighted by Crippen LogP contribution is 2.08. The number of hydrazine groups is 1. The molecule has 0 aromatic heterocycles. The van der Waals surface area contributed by atoms with Crippen molar-refractivity contribution in [3.8, 4) is 0 Å². The summed E-state index contributed by atoms with van der Waals surface area (Å²) in [6.45, 7) is 4.05. The van der Waals surface area contributed by atoms with Gasteiger partial charge in [-0.2, -0.15) is 10.1 Å². The average molecular weight is 212 g/mol. The van der Waals surface area contributed by atoms with E-state index < -0.39 is 0 Å². The summed E-state index contributed by atoms with van der Waals surface area (Å²) >= 11 is 0. The zero-order valence-electron chi connectivity index (χ0n) is 9.91. The van der Waals surface area contributed by atoms with E-state index in [-0.39, 0.29) is 0 Å².